The summed E-state index contributed by atoms with van der Waals surface area (Å²) >= 11 is 0. The Hall–Kier alpha value is -11.1. The van der Waals surface area contributed by atoms with Gasteiger partial charge in [0.05, 0.1) is 46.7 Å². The number of ether oxygens (including phenoxy) is 6. The molecule has 2 fully saturated rings. The van der Waals surface area contributed by atoms with Gasteiger partial charge in [0.1, 0.15) is 66.3 Å². The van der Waals surface area contributed by atoms with Crippen LogP contribution in [0.2, 0.25) is 0 Å². The number of methoxy groups -OCH3 is 2. The van der Waals surface area contributed by atoms with Gasteiger partial charge >= 0.3 is 16.3 Å². The van der Waals surface area contributed by atoms with Gasteiger partial charge in [-0.3, -0.25) is 13.7 Å². The van der Waals surface area contributed by atoms with E-state index in [1.807, 2.05) is 164 Å². The highest BCUT2D eigenvalue weighted by Gasteiger charge is 2.50. The predicted molar refractivity (Wildman–Crippen MR) is 401 cm³/mol. The molecule has 4 N–H and O–H groups in total. The van der Waals surface area contributed by atoms with Crippen LogP contribution >= 0.6 is 16.3 Å². The molecule has 0 radical (unpaired) electrons. The maximum atomic E-state index is 16.0. The SMILES string of the molecule is COc1ccc(CO[C@H]2C(F)[C@@H](CO)O[C@H]2n2cnc3c(NC(c4ccccc4)(c4ccccc4)c4ccccc4)ncnc32)cc1.COc1ccc(CO[C@H]2C(F)[C@@H](CO[P+](=O)O)O[C@H]2n2cnc3c(NC(c4ccccc4)(c4ccccc4)c4ccccc4)ncnc32)cc1.C[P+](=O)Oc1ccccc1. The molecular weight excluding hydrogens is 1400 g/mol. The Kier molecular flexibility index (Phi) is 24.1. The Morgan fingerprint density at radius 1 is 0.458 bits per heavy atom. The Morgan fingerprint density at radius 3 is 1.12 bits per heavy atom. The molecule has 13 aromatic rings. The predicted octanol–water partition coefficient (Wildman–Crippen LogP) is 15.2. The van der Waals surface area contributed by atoms with E-state index < -0.39 is 89.8 Å². The summed E-state index contributed by atoms with van der Waals surface area (Å²) in [5, 5.41) is 17.4. The smallest absolute Gasteiger partial charge is 0.497 e. The van der Waals surface area contributed by atoms with Gasteiger partial charge in [-0.2, -0.15) is 0 Å². The number of halogens is 2. The highest BCUT2D eigenvalue weighted by Crippen LogP contribution is 2.45. The van der Waals surface area contributed by atoms with Gasteiger partial charge < -0.3 is 44.2 Å². The second-order valence-electron chi connectivity index (χ2n) is 24.9. The van der Waals surface area contributed by atoms with Gasteiger partial charge in [0.15, 0.2) is 71.2 Å². The molecule has 544 valence electrons. The number of rotatable bonds is 26. The molecule has 107 heavy (non-hydrogen) atoms. The second kappa shape index (κ2) is 34.8. The minimum absolute atomic E-state index is 0.0684. The summed E-state index contributed by atoms with van der Waals surface area (Å²) in [5.41, 5.74) is 7.50. The molecule has 9 aromatic carbocycles. The van der Waals surface area contributed by atoms with Crippen molar-refractivity contribution in [1.29, 1.82) is 0 Å². The molecule has 0 amide bonds. The van der Waals surface area contributed by atoms with Crippen LogP contribution in [0.3, 0.4) is 0 Å². The molecule has 4 aromatic heterocycles. The van der Waals surface area contributed by atoms with Crippen LogP contribution in [0.5, 0.6) is 17.2 Å². The molecule has 6 heterocycles. The van der Waals surface area contributed by atoms with E-state index in [0.717, 1.165) is 44.5 Å². The molecule has 0 spiro atoms. The highest BCUT2D eigenvalue weighted by atomic mass is 31.1. The number of hydrogen-bond acceptors (Lipinski definition) is 19. The largest absolute Gasteiger partial charge is 0.694 e. The van der Waals surface area contributed by atoms with Crippen LogP contribution in [0.1, 0.15) is 57.0 Å². The summed E-state index contributed by atoms with van der Waals surface area (Å²) in [6, 6.07) is 84.4. The fraction of sp³-hybridized carbons (Fsp3) is 0.210. The molecule has 0 bridgehead atoms. The van der Waals surface area contributed by atoms with Gasteiger partial charge in [0.2, 0.25) is 0 Å². The number of hydrogen-bond donors (Lipinski definition) is 4. The lowest BCUT2D eigenvalue weighted by Crippen LogP contribution is -2.38. The number of anilines is 2. The van der Waals surface area contributed by atoms with Gasteiger partial charge in [-0.15, -0.1) is 9.42 Å². The van der Waals surface area contributed by atoms with Crippen LogP contribution in [0.15, 0.2) is 286 Å². The van der Waals surface area contributed by atoms with Crippen molar-refractivity contribution in [3.05, 3.63) is 331 Å². The van der Waals surface area contributed by atoms with Gasteiger partial charge in [-0.05, 0) is 85.5 Å². The van der Waals surface area contributed by atoms with Crippen molar-refractivity contribution in [3.8, 4) is 17.2 Å². The third-order valence-corrected chi connectivity index (χ3v) is 19.2. The summed E-state index contributed by atoms with van der Waals surface area (Å²) < 4.78 is 101. The number of nitrogens with one attached hydrogen (secondary N) is 2. The number of alkyl halides is 2. The van der Waals surface area contributed by atoms with Crippen LogP contribution in [-0.2, 0) is 56.9 Å². The number of fused-ring (bicyclic) bond motifs is 2. The molecule has 26 heteroatoms. The van der Waals surface area contributed by atoms with Crippen LogP contribution in [0.25, 0.3) is 22.3 Å². The Morgan fingerprint density at radius 2 is 0.794 bits per heavy atom. The average Bonchev–Trinajstić information content (AvgIpc) is 1.17. The number of para-hydroxylation sites is 1. The monoisotopic (exact) mass is 1480 g/mol. The van der Waals surface area contributed by atoms with Crippen LogP contribution in [0.4, 0.5) is 20.4 Å². The number of aliphatic hydroxyl groups excluding tert-OH is 1. The molecular formula is C81H76F2N10O12P2+2. The standard InChI is InChI=1S/C37H33FN5O6P.C37H34FN5O4.C7H8O2P/c1-46-29-19-17-25(18-20-29)21-47-33-31(38)30(22-48-50(44)45)49-36(33)43-24-41-32-34(39-23-40-35(32)43)42-37(26-11-5-2-6-12-26,27-13-7-3-8-14-27)28-15-9-4-10-16-28;1-45-29-19-17-25(18-20-29)22-46-33-31(38)30(21-44)47-36(33)43-24-41-32-34(39-23-40-35(32)43)42-37(26-11-5-2-6-12-26,27-13-7-3-8-14-27)28-15-9-4-10-16-28;1-10(8)9-7-5-3-2-4-6-7/h2-20,23-24,30-31,33,36H,21-22H2,1H3,(H-,39,40,42,44,45);2-20,23-24,30-31,33,36,44H,21-22H2,1H3,(H,39,40,42);2-6H,1H3/q;;+1/p+1/t2*30-,31?,33+,36-;/m11./s1. The Balaban J connectivity index is 0.000000167. The van der Waals surface area contributed by atoms with E-state index in [-0.39, 0.29) is 13.2 Å². The van der Waals surface area contributed by atoms with Crippen LogP contribution < -0.4 is 24.6 Å². The molecule has 2 aliphatic heterocycles. The van der Waals surface area contributed by atoms with Crippen molar-refractivity contribution in [1.82, 2.24) is 39.0 Å². The lowest BCUT2D eigenvalue weighted by atomic mass is 9.77. The highest BCUT2D eigenvalue weighted by molar-refractivity contribution is 7.38. The molecule has 15 rings (SSSR count). The summed E-state index contributed by atoms with van der Waals surface area (Å²) in [4.78, 5) is 37.1. The molecule has 0 saturated carbocycles. The second-order valence-corrected chi connectivity index (χ2v) is 26.7. The van der Waals surface area contributed by atoms with E-state index in [9.17, 15) is 19.1 Å². The Labute approximate surface area is 617 Å². The fourth-order valence-corrected chi connectivity index (χ4v) is 13.9. The molecule has 2 aliphatic rings. The summed E-state index contributed by atoms with van der Waals surface area (Å²) in [7, 11) is -1.31. The van der Waals surface area contributed by atoms with Crippen LogP contribution in [-0.4, -0.2) is 120 Å². The molecule has 2 saturated heterocycles. The number of nitrogens with zero attached hydrogens (tertiary/aromatic N) is 8. The Bertz CT molecular complexity index is 4810. The first-order chi connectivity index (χ1) is 52.4. The van der Waals surface area contributed by atoms with E-state index in [1.165, 1.54) is 25.6 Å². The summed E-state index contributed by atoms with van der Waals surface area (Å²) in [6.07, 6.45) is -3.75. The first-order valence-corrected chi connectivity index (χ1v) is 37.0. The van der Waals surface area contributed by atoms with E-state index in [2.05, 4.69) is 103 Å². The maximum Gasteiger partial charge on any atom is 0.694 e. The van der Waals surface area contributed by atoms with E-state index in [0.29, 0.717) is 51.2 Å². The summed E-state index contributed by atoms with van der Waals surface area (Å²) in [6.45, 7) is 0.784. The molecule has 4 unspecified atom stereocenters. The lowest BCUT2D eigenvalue weighted by Gasteiger charge is -2.37. The average molecular weight is 1480 g/mol. The van der Waals surface area contributed by atoms with E-state index in [4.69, 9.17) is 47.4 Å². The lowest BCUT2D eigenvalue weighted by molar-refractivity contribution is -0.0741. The third kappa shape index (κ3) is 16.6. The van der Waals surface area contributed by atoms with Gasteiger partial charge in [0, 0.05) is 4.57 Å². The maximum absolute atomic E-state index is 16.0. The van der Waals surface area contributed by atoms with Crippen molar-refractivity contribution in [2.75, 3.05) is 44.7 Å². The molecule has 10 atom stereocenters. The molecule has 22 nitrogen and oxygen atoms in total. The minimum Gasteiger partial charge on any atom is -0.497 e. The van der Waals surface area contributed by atoms with Crippen LogP contribution in [0, 0.1) is 0 Å². The van der Waals surface area contributed by atoms with Crippen molar-refractivity contribution >= 4 is 50.2 Å². The van der Waals surface area contributed by atoms with Gasteiger partial charge in [-0.25, -0.2) is 38.7 Å². The quantitative estimate of drug-likeness (QED) is 0.0290. The minimum atomic E-state index is -2.96. The number of benzene rings is 9. The zero-order valence-electron chi connectivity index (χ0n) is 58.3. The normalized spacial score (nSPS) is 18.6. The van der Waals surface area contributed by atoms with Gasteiger partial charge in [0.25, 0.3) is 0 Å². The zero-order valence-corrected chi connectivity index (χ0v) is 60.1. The van der Waals surface area contributed by atoms with E-state index in [1.54, 1.807) is 53.9 Å². The fourth-order valence-electron chi connectivity index (χ4n) is 13.2. The number of aliphatic hydroxyl groups is 1. The van der Waals surface area contributed by atoms with Gasteiger partial charge in [-0.1, -0.05) is 224 Å². The topological polar surface area (TPSA) is 260 Å². The first kappa shape index (κ1) is 74.1. The van der Waals surface area contributed by atoms with E-state index >= 15 is 8.78 Å². The van der Waals surface area contributed by atoms with Crippen molar-refractivity contribution in [3.63, 3.8) is 0 Å². The first-order valence-electron chi connectivity index (χ1n) is 34.3. The van der Waals surface area contributed by atoms with Crippen molar-refractivity contribution < 1.29 is 65.4 Å². The van der Waals surface area contributed by atoms with Crippen molar-refractivity contribution in [2.45, 2.75) is 73.5 Å². The number of imidazole rings is 2. The zero-order chi connectivity index (χ0) is 74.1. The molecule has 0 aliphatic carbocycles. The van der Waals surface area contributed by atoms with Crippen molar-refractivity contribution in [2.24, 2.45) is 0 Å². The number of aromatic nitrogens is 8. The summed E-state index contributed by atoms with van der Waals surface area (Å²) in [5.74, 6) is 2.97. The third-order valence-electron chi connectivity index (χ3n) is 18.4.